The first-order chi connectivity index (χ1) is 10.5. The Balaban J connectivity index is 2.31. The first-order valence-corrected chi connectivity index (χ1v) is 7.41. The molecule has 0 saturated heterocycles. The van der Waals surface area contributed by atoms with Gasteiger partial charge in [0.2, 0.25) is 0 Å². The number of carboxylic acid groups (broad SMARTS) is 1. The van der Waals surface area contributed by atoms with E-state index in [1.54, 1.807) is 10.6 Å². The lowest BCUT2D eigenvalue weighted by Crippen LogP contribution is -2.10. The fourth-order valence-electron chi connectivity index (χ4n) is 3.48. The standard InChI is InChI=1S/C18H19NO3/c1-4-12-10(2)17(18(21)22)19(11(12)3)15-9-16(20)14-8-6-5-7-13(14)15/h5-9,16,20H,4H2,1-3H3,(H,21,22). The summed E-state index contributed by atoms with van der Waals surface area (Å²) in [6.07, 6.45) is 1.81. The highest BCUT2D eigenvalue weighted by Gasteiger charge is 2.29. The van der Waals surface area contributed by atoms with Gasteiger partial charge in [-0.25, -0.2) is 4.79 Å². The molecule has 1 aromatic carbocycles. The summed E-state index contributed by atoms with van der Waals surface area (Å²) in [4.78, 5) is 11.8. The lowest BCUT2D eigenvalue weighted by molar-refractivity contribution is 0.0687. The molecule has 2 N–H and O–H groups in total. The molecule has 3 rings (SSSR count). The molecule has 1 aliphatic rings. The maximum Gasteiger partial charge on any atom is 0.353 e. The van der Waals surface area contributed by atoms with Gasteiger partial charge in [-0.2, -0.15) is 0 Å². The second-order valence-electron chi connectivity index (χ2n) is 5.62. The fourth-order valence-corrected chi connectivity index (χ4v) is 3.48. The first kappa shape index (κ1) is 14.6. The van der Waals surface area contributed by atoms with Crippen LogP contribution < -0.4 is 0 Å². The summed E-state index contributed by atoms with van der Waals surface area (Å²) < 4.78 is 1.77. The molecular formula is C18H19NO3. The molecule has 0 radical (unpaired) electrons. The Morgan fingerprint density at radius 1 is 1.27 bits per heavy atom. The van der Waals surface area contributed by atoms with Crippen LogP contribution in [-0.4, -0.2) is 20.7 Å². The summed E-state index contributed by atoms with van der Waals surface area (Å²) in [5.74, 6) is -0.944. The van der Waals surface area contributed by atoms with Gasteiger partial charge < -0.3 is 14.8 Å². The Labute approximate surface area is 129 Å². The maximum absolute atomic E-state index is 11.8. The minimum Gasteiger partial charge on any atom is -0.477 e. The van der Waals surface area contributed by atoms with Crippen LogP contribution in [0.15, 0.2) is 30.3 Å². The number of aliphatic hydroxyl groups excluding tert-OH is 1. The highest BCUT2D eigenvalue weighted by molar-refractivity contribution is 5.92. The van der Waals surface area contributed by atoms with Crippen LogP contribution >= 0.6 is 0 Å². The summed E-state index contributed by atoms with van der Waals surface area (Å²) in [7, 11) is 0. The molecule has 0 amide bonds. The van der Waals surface area contributed by atoms with Crippen molar-refractivity contribution in [3.8, 4) is 0 Å². The van der Waals surface area contributed by atoms with Gasteiger partial charge in [0.05, 0.1) is 5.70 Å². The molecule has 1 aliphatic carbocycles. The van der Waals surface area contributed by atoms with Crippen LogP contribution in [-0.2, 0) is 6.42 Å². The topological polar surface area (TPSA) is 62.5 Å². The molecule has 2 aromatic rings. The number of hydrogen-bond donors (Lipinski definition) is 2. The van der Waals surface area contributed by atoms with E-state index in [0.29, 0.717) is 0 Å². The molecule has 22 heavy (non-hydrogen) atoms. The third-order valence-electron chi connectivity index (χ3n) is 4.47. The number of rotatable bonds is 3. The van der Waals surface area contributed by atoms with Gasteiger partial charge in [-0.1, -0.05) is 31.2 Å². The molecule has 1 unspecified atom stereocenters. The Kier molecular flexibility index (Phi) is 3.41. The number of carboxylic acids is 1. The van der Waals surface area contributed by atoms with Crippen molar-refractivity contribution >= 4 is 11.7 Å². The van der Waals surface area contributed by atoms with Gasteiger partial charge >= 0.3 is 5.97 Å². The van der Waals surface area contributed by atoms with Gasteiger partial charge in [0.15, 0.2) is 0 Å². The molecule has 1 heterocycles. The van der Waals surface area contributed by atoms with Gasteiger partial charge in [-0.05, 0) is 43.0 Å². The van der Waals surface area contributed by atoms with Gasteiger partial charge in [0.1, 0.15) is 11.8 Å². The van der Waals surface area contributed by atoms with Crippen molar-refractivity contribution in [2.75, 3.05) is 0 Å². The van der Waals surface area contributed by atoms with Crippen molar-refractivity contribution in [1.82, 2.24) is 4.57 Å². The second-order valence-corrected chi connectivity index (χ2v) is 5.62. The fraction of sp³-hybridized carbons (Fsp3) is 0.278. The zero-order chi connectivity index (χ0) is 16.0. The van der Waals surface area contributed by atoms with Gasteiger partial charge in [-0.3, -0.25) is 0 Å². The highest BCUT2D eigenvalue weighted by Crippen LogP contribution is 2.38. The number of aliphatic hydroxyl groups is 1. The lowest BCUT2D eigenvalue weighted by atomic mass is 10.1. The zero-order valence-electron chi connectivity index (χ0n) is 12.9. The van der Waals surface area contributed by atoms with Crippen LogP contribution in [0.4, 0.5) is 0 Å². The third-order valence-corrected chi connectivity index (χ3v) is 4.47. The predicted molar refractivity (Wildman–Crippen MR) is 85.0 cm³/mol. The number of hydrogen-bond acceptors (Lipinski definition) is 2. The summed E-state index contributed by atoms with van der Waals surface area (Å²) in [5.41, 5.74) is 5.51. The van der Waals surface area contributed by atoms with Gasteiger partial charge in [0, 0.05) is 11.3 Å². The van der Waals surface area contributed by atoms with E-state index < -0.39 is 12.1 Å². The van der Waals surface area contributed by atoms with Crippen molar-refractivity contribution in [2.45, 2.75) is 33.3 Å². The first-order valence-electron chi connectivity index (χ1n) is 7.41. The van der Waals surface area contributed by atoms with Gasteiger partial charge in [-0.15, -0.1) is 0 Å². The molecule has 0 spiro atoms. The van der Waals surface area contributed by atoms with Crippen LogP contribution in [0.2, 0.25) is 0 Å². The van der Waals surface area contributed by atoms with Crippen molar-refractivity contribution in [1.29, 1.82) is 0 Å². The Morgan fingerprint density at radius 2 is 1.95 bits per heavy atom. The SMILES string of the molecule is CCc1c(C)c(C(=O)O)n(C2=CC(O)c3ccccc32)c1C. The Hall–Kier alpha value is -2.33. The number of benzene rings is 1. The van der Waals surface area contributed by atoms with Crippen LogP contribution in [0, 0.1) is 13.8 Å². The van der Waals surface area contributed by atoms with E-state index in [4.69, 9.17) is 0 Å². The molecule has 0 saturated carbocycles. The number of nitrogens with zero attached hydrogens (tertiary/aromatic N) is 1. The van der Waals surface area contributed by atoms with Crippen LogP contribution in [0.5, 0.6) is 0 Å². The second kappa shape index (κ2) is 5.14. The number of aromatic nitrogens is 1. The van der Waals surface area contributed by atoms with Crippen molar-refractivity contribution in [3.05, 3.63) is 64.0 Å². The number of carbonyl (C=O) groups is 1. The quantitative estimate of drug-likeness (QED) is 0.913. The van der Waals surface area contributed by atoms with E-state index in [-0.39, 0.29) is 5.69 Å². The predicted octanol–water partition coefficient (Wildman–Crippen LogP) is 3.30. The van der Waals surface area contributed by atoms with Crippen LogP contribution in [0.25, 0.3) is 5.70 Å². The highest BCUT2D eigenvalue weighted by atomic mass is 16.4. The van der Waals surface area contributed by atoms with E-state index in [0.717, 1.165) is 40.1 Å². The smallest absolute Gasteiger partial charge is 0.353 e. The molecule has 1 aromatic heterocycles. The molecular weight excluding hydrogens is 278 g/mol. The Morgan fingerprint density at radius 3 is 2.59 bits per heavy atom. The normalized spacial score (nSPS) is 16.5. The van der Waals surface area contributed by atoms with E-state index in [1.165, 1.54) is 0 Å². The van der Waals surface area contributed by atoms with Crippen LogP contribution in [0.1, 0.15) is 51.5 Å². The monoisotopic (exact) mass is 297 g/mol. The van der Waals surface area contributed by atoms with Gasteiger partial charge in [0.25, 0.3) is 0 Å². The minimum atomic E-state index is -0.944. The largest absolute Gasteiger partial charge is 0.477 e. The Bertz CT molecular complexity index is 799. The molecule has 4 nitrogen and oxygen atoms in total. The average molecular weight is 297 g/mol. The molecule has 0 fully saturated rings. The van der Waals surface area contributed by atoms with E-state index >= 15 is 0 Å². The molecule has 4 heteroatoms. The number of aromatic carboxylic acids is 1. The summed E-state index contributed by atoms with van der Waals surface area (Å²) in [5, 5.41) is 19.9. The molecule has 114 valence electrons. The van der Waals surface area contributed by atoms with E-state index in [2.05, 4.69) is 0 Å². The van der Waals surface area contributed by atoms with Crippen molar-refractivity contribution < 1.29 is 15.0 Å². The summed E-state index contributed by atoms with van der Waals surface area (Å²) in [6.45, 7) is 5.81. The molecule has 0 aliphatic heterocycles. The minimum absolute atomic E-state index is 0.282. The zero-order valence-corrected chi connectivity index (χ0v) is 12.9. The summed E-state index contributed by atoms with van der Waals surface area (Å²) in [6, 6.07) is 7.57. The third kappa shape index (κ3) is 1.91. The lowest BCUT2D eigenvalue weighted by Gasteiger charge is -2.13. The van der Waals surface area contributed by atoms with E-state index in [9.17, 15) is 15.0 Å². The van der Waals surface area contributed by atoms with E-state index in [1.807, 2.05) is 45.0 Å². The van der Waals surface area contributed by atoms with Crippen molar-refractivity contribution in [2.24, 2.45) is 0 Å². The average Bonchev–Trinajstić information content (AvgIpc) is 2.94. The molecule has 1 atom stereocenters. The summed E-state index contributed by atoms with van der Waals surface area (Å²) >= 11 is 0. The molecule has 0 bridgehead atoms. The maximum atomic E-state index is 11.8. The number of fused-ring (bicyclic) bond motifs is 1. The van der Waals surface area contributed by atoms with Crippen LogP contribution in [0.3, 0.4) is 0 Å². The van der Waals surface area contributed by atoms with Crippen molar-refractivity contribution in [3.63, 3.8) is 0 Å².